The van der Waals surface area contributed by atoms with Gasteiger partial charge in [0, 0.05) is 37.0 Å². The Hall–Kier alpha value is -0.840. The van der Waals surface area contributed by atoms with E-state index in [1.54, 1.807) is 7.11 Å². The van der Waals surface area contributed by atoms with Crippen molar-refractivity contribution in [2.75, 3.05) is 20.2 Å². The Labute approximate surface area is 121 Å². The second-order valence-electron chi connectivity index (χ2n) is 5.00. The maximum Gasteiger partial charge on any atom is 0.122 e. The van der Waals surface area contributed by atoms with Crippen LogP contribution in [-0.2, 0) is 6.54 Å². The predicted molar refractivity (Wildman–Crippen MR) is 79.9 cm³/mol. The number of ether oxygens (including phenoxy) is 1. The fourth-order valence-electron chi connectivity index (χ4n) is 2.64. The molecule has 1 fully saturated rings. The zero-order chi connectivity index (χ0) is 13.0. The van der Waals surface area contributed by atoms with Crippen LogP contribution in [0.25, 0.3) is 0 Å². The van der Waals surface area contributed by atoms with E-state index in [2.05, 4.69) is 9.88 Å². The van der Waals surface area contributed by atoms with E-state index >= 15 is 0 Å². The number of likely N-dealkylation sites (tertiary alicyclic amines) is 1. The van der Waals surface area contributed by atoms with Gasteiger partial charge in [-0.15, -0.1) is 12.4 Å². The molecule has 4 nitrogen and oxygen atoms in total. The van der Waals surface area contributed by atoms with Crippen LogP contribution >= 0.6 is 12.4 Å². The third kappa shape index (κ3) is 4.34. The largest absolute Gasteiger partial charge is 0.497 e. The number of rotatable bonds is 4. The van der Waals surface area contributed by atoms with Crippen molar-refractivity contribution in [1.29, 1.82) is 0 Å². The van der Waals surface area contributed by atoms with Crippen LogP contribution in [0.3, 0.4) is 0 Å². The minimum Gasteiger partial charge on any atom is -0.497 e. The van der Waals surface area contributed by atoms with Crippen LogP contribution in [-0.4, -0.2) is 36.1 Å². The predicted octanol–water partition coefficient (Wildman–Crippen LogP) is 2.13. The molecule has 0 bridgehead atoms. The molecular formula is C14H24ClN3O. The van der Waals surface area contributed by atoms with E-state index in [1.165, 1.54) is 19.3 Å². The van der Waals surface area contributed by atoms with Gasteiger partial charge in [-0.25, -0.2) is 0 Å². The molecule has 2 N–H and O–H groups in total. The van der Waals surface area contributed by atoms with Crippen LogP contribution in [0.1, 0.15) is 30.7 Å². The zero-order valence-electron chi connectivity index (χ0n) is 11.8. The molecule has 0 aromatic carbocycles. The van der Waals surface area contributed by atoms with E-state index in [0.29, 0.717) is 6.04 Å². The molecule has 1 aromatic heterocycles. The highest BCUT2D eigenvalue weighted by Gasteiger charge is 2.21. The number of piperidine rings is 1. The lowest BCUT2D eigenvalue weighted by atomic mass is 10.0. The SMILES string of the molecule is COc1cc(C)nc(CN2CCCCC2CN)c1.Cl. The summed E-state index contributed by atoms with van der Waals surface area (Å²) in [6.07, 6.45) is 3.77. The van der Waals surface area contributed by atoms with E-state index in [0.717, 1.165) is 36.8 Å². The number of nitrogens with zero attached hydrogens (tertiary/aromatic N) is 2. The topological polar surface area (TPSA) is 51.4 Å². The molecule has 0 aliphatic carbocycles. The molecule has 1 atom stereocenters. The molecular weight excluding hydrogens is 262 g/mol. The summed E-state index contributed by atoms with van der Waals surface area (Å²) in [5.41, 5.74) is 7.93. The van der Waals surface area contributed by atoms with Gasteiger partial charge in [0.05, 0.1) is 12.8 Å². The Morgan fingerprint density at radius 1 is 1.42 bits per heavy atom. The summed E-state index contributed by atoms with van der Waals surface area (Å²) in [6.45, 7) is 4.74. The number of hydrogen-bond donors (Lipinski definition) is 1. The lowest BCUT2D eigenvalue weighted by molar-refractivity contribution is 0.143. The van der Waals surface area contributed by atoms with Gasteiger partial charge in [-0.05, 0) is 26.3 Å². The van der Waals surface area contributed by atoms with Gasteiger partial charge in [-0.2, -0.15) is 0 Å². The first-order valence-electron chi connectivity index (χ1n) is 6.68. The van der Waals surface area contributed by atoms with Crippen LogP contribution < -0.4 is 10.5 Å². The lowest BCUT2D eigenvalue weighted by Gasteiger charge is -2.34. The quantitative estimate of drug-likeness (QED) is 0.921. The molecule has 1 aliphatic rings. The number of aromatic nitrogens is 1. The summed E-state index contributed by atoms with van der Waals surface area (Å²) in [4.78, 5) is 7.03. The van der Waals surface area contributed by atoms with Crippen molar-refractivity contribution in [2.45, 2.75) is 38.8 Å². The van der Waals surface area contributed by atoms with Crippen molar-refractivity contribution in [2.24, 2.45) is 5.73 Å². The maximum absolute atomic E-state index is 5.85. The van der Waals surface area contributed by atoms with Gasteiger partial charge in [-0.3, -0.25) is 9.88 Å². The van der Waals surface area contributed by atoms with Gasteiger partial charge in [0.1, 0.15) is 5.75 Å². The van der Waals surface area contributed by atoms with Crippen LogP contribution in [0.4, 0.5) is 0 Å². The molecule has 0 amide bonds. The minimum absolute atomic E-state index is 0. The van der Waals surface area contributed by atoms with E-state index < -0.39 is 0 Å². The number of methoxy groups -OCH3 is 1. The number of aryl methyl sites for hydroxylation is 1. The Balaban J connectivity index is 0.00000180. The molecule has 1 aromatic rings. The molecule has 2 heterocycles. The van der Waals surface area contributed by atoms with E-state index in [9.17, 15) is 0 Å². The summed E-state index contributed by atoms with van der Waals surface area (Å²) in [5.74, 6) is 0.888. The highest BCUT2D eigenvalue weighted by atomic mass is 35.5. The van der Waals surface area contributed by atoms with Gasteiger partial charge in [0.25, 0.3) is 0 Å². The van der Waals surface area contributed by atoms with Crippen molar-refractivity contribution in [3.63, 3.8) is 0 Å². The highest BCUT2D eigenvalue weighted by molar-refractivity contribution is 5.85. The first-order chi connectivity index (χ1) is 8.72. The maximum atomic E-state index is 5.85. The van der Waals surface area contributed by atoms with Crippen molar-refractivity contribution < 1.29 is 4.74 Å². The third-order valence-electron chi connectivity index (χ3n) is 3.60. The van der Waals surface area contributed by atoms with E-state index in [4.69, 9.17) is 10.5 Å². The Bertz CT molecular complexity index is 400. The molecule has 2 rings (SSSR count). The molecule has 0 radical (unpaired) electrons. The van der Waals surface area contributed by atoms with E-state index in [-0.39, 0.29) is 12.4 Å². The van der Waals surface area contributed by atoms with Gasteiger partial charge in [0.15, 0.2) is 0 Å². The number of hydrogen-bond acceptors (Lipinski definition) is 4. The standard InChI is InChI=1S/C14H23N3O.ClH/c1-11-7-14(18-2)8-12(16-11)10-17-6-4-3-5-13(17)9-15;/h7-8,13H,3-6,9-10,15H2,1-2H3;1H. The summed E-state index contributed by atoms with van der Waals surface area (Å²) in [6, 6.07) is 4.49. The Morgan fingerprint density at radius 3 is 2.89 bits per heavy atom. The van der Waals surface area contributed by atoms with Crippen LogP contribution in [0, 0.1) is 6.92 Å². The monoisotopic (exact) mass is 285 g/mol. The highest BCUT2D eigenvalue weighted by Crippen LogP contribution is 2.20. The molecule has 1 unspecified atom stereocenters. The van der Waals surface area contributed by atoms with Gasteiger partial charge < -0.3 is 10.5 Å². The third-order valence-corrected chi connectivity index (χ3v) is 3.60. The first kappa shape index (κ1) is 16.2. The number of pyridine rings is 1. The van der Waals surface area contributed by atoms with E-state index in [1.807, 2.05) is 19.1 Å². The molecule has 0 spiro atoms. The second-order valence-corrected chi connectivity index (χ2v) is 5.00. The molecule has 5 heteroatoms. The normalized spacial score (nSPS) is 19.8. The molecule has 0 saturated carbocycles. The van der Waals surface area contributed by atoms with Crippen molar-refractivity contribution in [3.8, 4) is 5.75 Å². The molecule has 1 saturated heterocycles. The molecule has 1 aliphatic heterocycles. The van der Waals surface area contributed by atoms with Crippen LogP contribution in [0.2, 0.25) is 0 Å². The Kier molecular flexibility index (Phi) is 6.55. The minimum atomic E-state index is 0. The number of nitrogens with two attached hydrogens (primary N) is 1. The second kappa shape index (κ2) is 7.68. The van der Waals surface area contributed by atoms with Gasteiger partial charge >= 0.3 is 0 Å². The molecule has 19 heavy (non-hydrogen) atoms. The summed E-state index contributed by atoms with van der Waals surface area (Å²) in [7, 11) is 1.70. The smallest absolute Gasteiger partial charge is 0.122 e. The summed E-state index contributed by atoms with van der Waals surface area (Å²) in [5, 5.41) is 0. The first-order valence-corrected chi connectivity index (χ1v) is 6.68. The summed E-state index contributed by atoms with van der Waals surface area (Å²) >= 11 is 0. The van der Waals surface area contributed by atoms with Gasteiger partial charge in [0.2, 0.25) is 0 Å². The fraction of sp³-hybridized carbons (Fsp3) is 0.643. The van der Waals surface area contributed by atoms with Gasteiger partial charge in [-0.1, -0.05) is 6.42 Å². The lowest BCUT2D eigenvalue weighted by Crippen LogP contribution is -2.43. The van der Waals surface area contributed by atoms with Crippen molar-refractivity contribution in [3.05, 3.63) is 23.5 Å². The van der Waals surface area contributed by atoms with Crippen molar-refractivity contribution in [1.82, 2.24) is 9.88 Å². The number of halogens is 1. The fourth-order valence-corrected chi connectivity index (χ4v) is 2.64. The zero-order valence-corrected chi connectivity index (χ0v) is 12.6. The van der Waals surface area contributed by atoms with Crippen molar-refractivity contribution >= 4 is 12.4 Å². The average molecular weight is 286 g/mol. The summed E-state index contributed by atoms with van der Waals surface area (Å²) < 4.78 is 5.29. The average Bonchev–Trinajstić information content (AvgIpc) is 2.38. The molecule has 108 valence electrons. The van der Waals surface area contributed by atoms with Crippen LogP contribution in [0.5, 0.6) is 5.75 Å². The van der Waals surface area contributed by atoms with Crippen LogP contribution in [0.15, 0.2) is 12.1 Å². The Morgan fingerprint density at radius 2 is 2.21 bits per heavy atom.